The number of hydrogen-bond acceptors (Lipinski definition) is 2. The summed E-state index contributed by atoms with van der Waals surface area (Å²) < 4.78 is 6.83. The maximum Gasteiger partial charge on any atom is 0.0870 e. The fraction of sp³-hybridized carbons (Fsp3) is 0.636. The SMILES string of the molecule is CCC1OC1C(C)Cc1ccc(Br)s1. The summed E-state index contributed by atoms with van der Waals surface area (Å²) in [6, 6.07) is 4.33. The summed E-state index contributed by atoms with van der Waals surface area (Å²) in [5, 5.41) is 0. The summed E-state index contributed by atoms with van der Waals surface area (Å²) in [6.07, 6.45) is 3.36. The Hall–Kier alpha value is 0.140. The number of hydrogen-bond donors (Lipinski definition) is 0. The Bertz CT molecular complexity index is 310. The van der Waals surface area contributed by atoms with Gasteiger partial charge in [-0.05, 0) is 46.8 Å². The molecule has 14 heavy (non-hydrogen) atoms. The summed E-state index contributed by atoms with van der Waals surface area (Å²) in [5.41, 5.74) is 0. The maximum absolute atomic E-state index is 5.60. The first-order chi connectivity index (χ1) is 6.70. The zero-order valence-electron chi connectivity index (χ0n) is 8.50. The molecular weight excluding hydrogens is 260 g/mol. The van der Waals surface area contributed by atoms with E-state index in [0.717, 1.165) is 12.8 Å². The summed E-state index contributed by atoms with van der Waals surface area (Å²) in [5.74, 6) is 0.658. The average Bonchev–Trinajstić information content (AvgIpc) is 2.85. The highest BCUT2D eigenvalue weighted by Gasteiger charge is 2.41. The van der Waals surface area contributed by atoms with Crippen molar-refractivity contribution in [3.05, 3.63) is 20.8 Å². The molecule has 0 spiro atoms. The van der Waals surface area contributed by atoms with E-state index in [-0.39, 0.29) is 0 Å². The lowest BCUT2D eigenvalue weighted by atomic mass is 10.00. The van der Waals surface area contributed by atoms with Gasteiger partial charge in [-0.15, -0.1) is 11.3 Å². The van der Waals surface area contributed by atoms with Crippen LogP contribution in [0.5, 0.6) is 0 Å². The first kappa shape index (κ1) is 10.7. The third-order valence-corrected chi connectivity index (χ3v) is 4.38. The highest BCUT2D eigenvalue weighted by Crippen LogP contribution is 2.35. The van der Waals surface area contributed by atoms with Crippen molar-refractivity contribution in [2.24, 2.45) is 5.92 Å². The van der Waals surface area contributed by atoms with E-state index in [9.17, 15) is 0 Å². The molecule has 1 nitrogen and oxygen atoms in total. The summed E-state index contributed by atoms with van der Waals surface area (Å²) in [7, 11) is 0. The monoisotopic (exact) mass is 274 g/mol. The Kier molecular flexibility index (Phi) is 3.30. The molecule has 3 atom stereocenters. The molecule has 1 aromatic rings. The van der Waals surface area contributed by atoms with Crippen LogP contribution < -0.4 is 0 Å². The predicted molar refractivity (Wildman–Crippen MR) is 63.8 cm³/mol. The lowest BCUT2D eigenvalue weighted by Crippen LogP contribution is -2.08. The van der Waals surface area contributed by atoms with Crippen LogP contribution in [0.2, 0.25) is 0 Å². The van der Waals surface area contributed by atoms with Gasteiger partial charge in [0.25, 0.3) is 0 Å². The Labute approximate surface area is 97.6 Å². The van der Waals surface area contributed by atoms with Gasteiger partial charge in [0, 0.05) is 4.88 Å². The van der Waals surface area contributed by atoms with Crippen LogP contribution in [0.1, 0.15) is 25.1 Å². The number of ether oxygens (including phenoxy) is 1. The highest BCUT2D eigenvalue weighted by atomic mass is 79.9. The van der Waals surface area contributed by atoms with Crippen molar-refractivity contribution in [1.82, 2.24) is 0 Å². The average molecular weight is 275 g/mol. The normalized spacial score (nSPS) is 27.6. The molecule has 1 aliphatic heterocycles. The second-order valence-electron chi connectivity index (χ2n) is 3.93. The number of epoxide rings is 1. The van der Waals surface area contributed by atoms with E-state index < -0.39 is 0 Å². The Morgan fingerprint density at radius 1 is 1.57 bits per heavy atom. The molecule has 0 radical (unpaired) electrons. The van der Waals surface area contributed by atoms with Crippen molar-refractivity contribution in [3.8, 4) is 0 Å². The van der Waals surface area contributed by atoms with Crippen LogP contribution in [0.15, 0.2) is 15.9 Å². The van der Waals surface area contributed by atoms with Crippen LogP contribution >= 0.6 is 27.3 Å². The zero-order chi connectivity index (χ0) is 10.1. The molecule has 0 saturated carbocycles. The third kappa shape index (κ3) is 2.38. The summed E-state index contributed by atoms with van der Waals surface area (Å²) >= 11 is 5.32. The molecule has 1 saturated heterocycles. The molecule has 0 amide bonds. The van der Waals surface area contributed by atoms with E-state index in [1.807, 2.05) is 11.3 Å². The Balaban J connectivity index is 1.86. The molecule has 3 unspecified atom stereocenters. The van der Waals surface area contributed by atoms with Crippen molar-refractivity contribution < 1.29 is 4.74 Å². The molecular formula is C11H15BrOS. The molecule has 1 fully saturated rings. The van der Waals surface area contributed by atoms with Crippen LogP contribution in [-0.2, 0) is 11.2 Å². The van der Waals surface area contributed by atoms with Crippen LogP contribution in [0.4, 0.5) is 0 Å². The van der Waals surface area contributed by atoms with Gasteiger partial charge in [-0.1, -0.05) is 13.8 Å². The summed E-state index contributed by atoms with van der Waals surface area (Å²) in [4.78, 5) is 1.45. The first-order valence-electron chi connectivity index (χ1n) is 5.10. The fourth-order valence-corrected chi connectivity index (χ4v) is 3.51. The highest BCUT2D eigenvalue weighted by molar-refractivity contribution is 9.11. The Morgan fingerprint density at radius 2 is 2.36 bits per heavy atom. The van der Waals surface area contributed by atoms with Gasteiger partial charge in [-0.25, -0.2) is 0 Å². The van der Waals surface area contributed by atoms with Crippen molar-refractivity contribution in [2.75, 3.05) is 0 Å². The molecule has 2 rings (SSSR count). The van der Waals surface area contributed by atoms with E-state index in [0.29, 0.717) is 18.1 Å². The minimum Gasteiger partial charge on any atom is -0.369 e. The van der Waals surface area contributed by atoms with Crippen LogP contribution in [0, 0.1) is 5.92 Å². The molecule has 0 aromatic carbocycles. The lowest BCUT2D eigenvalue weighted by Gasteiger charge is -2.05. The van der Waals surface area contributed by atoms with Gasteiger partial charge < -0.3 is 4.74 Å². The van der Waals surface area contributed by atoms with Crippen molar-refractivity contribution in [1.29, 1.82) is 0 Å². The van der Waals surface area contributed by atoms with Gasteiger partial charge in [-0.2, -0.15) is 0 Å². The Morgan fingerprint density at radius 3 is 2.86 bits per heavy atom. The minimum atomic E-state index is 0.515. The van der Waals surface area contributed by atoms with Gasteiger partial charge in [0.15, 0.2) is 0 Å². The van der Waals surface area contributed by atoms with E-state index >= 15 is 0 Å². The van der Waals surface area contributed by atoms with E-state index in [4.69, 9.17) is 4.74 Å². The molecule has 78 valence electrons. The van der Waals surface area contributed by atoms with Gasteiger partial charge in [0.1, 0.15) is 0 Å². The fourth-order valence-electron chi connectivity index (χ4n) is 1.88. The van der Waals surface area contributed by atoms with Crippen LogP contribution in [0.25, 0.3) is 0 Å². The molecule has 0 N–H and O–H groups in total. The van der Waals surface area contributed by atoms with Gasteiger partial charge in [0.2, 0.25) is 0 Å². The van der Waals surface area contributed by atoms with Crippen molar-refractivity contribution in [2.45, 2.75) is 38.9 Å². The first-order valence-corrected chi connectivity index (χ1v) is 6.71. The molecule has 0 bridgehead atoms. The molecule has 2 heterocycles. The van der Waals surface area contributed by atoms with E-state index in [1.54, 1.807) is 0 Å². The van der Waals surface area contributed by atoms with Crippen molar-refractivity contribution in [3.63, 3.8) is 0 Å². The quantitative estimate of drug-likeness (QED) is 0.760. The number of halogens is 1. The topological polar surface area (TPSA) is 12.5 Å². The molecule has 3 heteroatoms. The van der Waals surface area contributed by atoms with Crippen molar-refractivity contribution >= 4 is 27.3 Å². The third-order valence-electron chi connectivity index (χ3n) is 2.74. The lowest BCUT2D eigenvalue weighted by molar-refractivity contribution is 0.323. The predicted octanol–water partition coefficient (Wildman–Crippen LogP) is 3.87. The van der Waals surface area contributed by atoms with Crippen LogP contribution in [0.3, 0.4) is 0 Å². The maximum atomic E-state index is 5.60. The minimum absolute atomic E-state index is 0.515. The number of thiophene rings is 1. The molecule has 1 aromatic heterocycles. The molecule has 0 aliphatic carbocycles. The largest absolute Gasteiger partial charge is 0.369 e. The van der Waals surface area contributed by atoms with E-state index in [2.05, 4.69) is 41.9 Å². The van der Waals surface area contributed by atoms with Crippen LogP contribution in [-0.4, -0.2) is 12.2 Å². The number of rotatable bonds is 4. The van der Waals surface area contributed by atoms with Gasteiger partial charge in [0.05, 0.1) is 16.0 Å². The summed E-state index contributed by atoms with van der Waals surface area (Å²) in [6.45, 7) is 4.48. The van der Waals surface area contributed by atoms with Gasteiger partial charge >= 0.3 is 0 Å². The smallest absolute Gasteiger partial charge is 0.0870 e. The van der Waals surface area contributed by atoms with Gasteiger partial charge in [-0.3, -0.25) is 0 Å². The zero-order valence-corrected chi connectivity index (χ0v) is 10.9. The second-order valence-corrected chi connectivity index (χ2v) is 6.48. The molecule has 1 aliphatic rings. The second kappa shape index (κ2) is 4.33. The standard InChI is InChI=1S/C11H15BrOS/c1-3-9-11(13-9)7(2)6-8-4-5-10(12)14-8/h4-5,7,9,11H,3,6H2,1-2H3. The van der Waals surface area contributed by atoms with E-state index in [1.165, 1.54) is 8.66 Å².